The second kappa shape index (κ2) is 9.37. The van der Waals surface area contributed by atoms with E-state index in [4.69, 9.17) is 4.74 Å². The summed E-state index contributed by atoms with van der Waals surface area (Å²) in [6, 6.07) is 0. The first-order valence-electron chi connectivity index (χ1n) is 7.53. The first kappa shape index (κ1) is 20.1. The minimum Gasteiger partial charge on any atom is -0.460 e. The first-order chi connectivity index (χ1) is 10.8. The molecule has 130 valence electrons. The summed E-state index contributed by atoms with van der Waals surface area (Å²) < 4.78 is 5.42. The van der Waals surface area contributed by atoms with Gasteiger partial charge < -0.3 is 4.74 Å². The van der Waals surface area contributed by atoms with Crippen LogP contribution in [0.3, 0.4) is 0 Å². The molecule has 2 atom stereocenters. The van der Waals surface area contributed by atoms with E-state index in [9.17, 15) is 14.4 Å². The molecule has 1 heterocycles. The number of thioether (sulfide) groups is 2. The maximum absolute atomic E-state index is 12.8. The predicted octanol–water partition coefficient (Wildman–Crippen LogP) is 2.70. The van der Waals surface area contributed by atoms with Crippen LogP contribution in [0.25, 0.3) is 0 Å². The number of imide groups is 1. The van der Waals surface area contributed by atoms with Crippen molar-refractivity contribution in [2.45, 2.75) is 43.8 Å². The first-order valence-corrected chi connectivity index (χ1v) is 10.1. The van der Waals surface area contributed by atoms with E-state index in [0.29, 0.717) is 13.0 Å². The normalized spacial score (nSPS) is 19.6. The third kappa shape index (κ3) is 5.57. The molecular formula is C16H25NO4S2. The standard InChI is InChI=1S/C16H25NO4S2/c1-10(2)9-13(19)17-8-6-7-12(15(17)20)14(21-11(3)18)16(22-4)23-5/h12,14,16H,1,6-9H2,2-5H3. The van der Waals surface area contributed by atoms with Gasteiger partial charge in [-0.25, -0.2) is 0 Å². The summed E-state index contributed by atoms with van der Waals surface area (Å²) in [6.07, 6.45) is 4.86. The summed E-state index contributed by atoms with van der Waals surface area (Å²) in [5.74, 6) is -1.33. The molecule has 2 amide bonds. The second-order valence-electron chi connectivity index (χ2n) is 5.68. The molecule has 7 heteroatoms. The van der Waals surface area contributed by atoms with Gasteiger partial charge in [-0.15, -0.1) is 23.5 Å². The van der Waals surface area contributed by atoms with Gasteiger partial charge in [0.25, 0.3) is 0 Å². The van der Waals surface area contributed by atoms with Gasteiger partial charge in [0.2, 0.25) is 11.8 Å². The fourth-order valence-corrected chi connectivity index (χ4v) is 4.49. The highest BCUT2D eigenvalue weighted by Crippen LogP contribution is 2.34. The maximum atomic E-state index is 12.8. The van der Waals surface area contributed by atoms with Crippen LogP contribution in [0.4, 0.5) is 0 Å². The Morgan fingerprint density at radius 2 is 1.96 bits per heavy atom. The summed E-state index contributed by atoms with van der Waals surface area (Å²) in [6.45, 7) is 7.27. The number of hydrogen-bond donors (Lipinski definition) is 0. The molecule has 1 aliphatic heterocycles. The highest BCUT2D eigenvalue weighted by molar-refractivity contribution is 8.16. The Bertz CT molecular complexity index is 477. The summed E-state index contributed by atoms with van der Waals surface area (Å²) in [7, 11) is 0. The van der Waals surface area contributed by atoms with Crippen LogP contribution in [0.15, 0.2) is 12.2 Å². The Kier molecular flexibility index (Phi) is 8.19. The van der Waals surface area contributed by atoms with Crippen LogP contribution in [0.1, 0.15) is 33.1 Å². The fraction of sp³-hybridized carbons (Fsp3) is 0.688. The van der Waals surface area contributed by atoms with Gasteiger partial charge in [-0.3, -0.25) is 19.3 Å². The lowest BCUT2D eigenvalue weighted by Crippen LogP contribution is -2.51. The van der Waals surface area contributed by atoms with Crippen molar-refractivity contribution < 1.29 is 19.1 Å². The molecule has 0 N–H and O–H groups in total. The van der Waals surface area contributed by atoms with Crippen molar-refractivity contribution in [3.63, 3.8) is 0 Å². The van der Waals surface area contributed by atoms with Crippen LogP contribution in [-0.4, -0.2) is 52.4 Å². The Balaban J connectivity index is 2.97. The molecule has 1 saturated heterocycles. The Hall–Kier alpha value is -0.950. The molecule has 1 aliphatic rings. The third-order valence-electron chi connectivity index (χ3n) is 3.67. The van der Waals surface area contributed by atoms with E-state index in [2.05, 4.69) is 6.58 Å². The number of carbonyl (C=O) groups is 3. The van der Waals surface area contributed by atoms with Crippen molar-refractivity contribution in [3.8, 4) is 0 Å². The third-order valence-corrected chi connectivity index (χ3v) is 6.29. The molecule has 2 unspecified atom stereocenters. The zero-order chi connectivity index (χ0) is 17.6. The number of carbonyl (C=O) groups excluding carboxylic acids is 3. The molecule has 1 fully saturated rings. The largest absolute Gasteiger partial charge is 0.460 e. The lowest BCUT2D eigenvalue weighted by Gasteiger charge is -2.37. The van der Waals surface area contributed by atoms with Gasteiger partial charge in [0.1, 0.15) is 6.10 Å². The average molecular weight is 360 g/mol. The van der Waals surface area contributed by atoms with Crippen LogP contribution >= 0.6 is 23.5 Å². The summed E-state index contributed by atoms with van der Waals surface area (Å²) >= 11 is 3.10. The molecule has 0 aliphatic carbocycles. The second-order valence-corrected chi connectivity index (χ2v) is 7.94. The number of likely N-dealkylation sites (tertiary alicyclic amines) is 1. The Morgan fingerprint density at radius 1 is 1.35 bits per heavy atom. The van der Waals surface area contributed by atoms with Crippen LogP contribution in [0.5, 0.6) is 0 Å². The quantitative estimate of drug-likeness (QED) is 0.396. The predicted molar refractivity (Wildman–Crippen MR) is 95.2 cm³/mol. The molecule has 0 aromatic rings. The van der Waals surface area contributed by atoms with Crippen molar-refractivity contribution in [2.75, 3.05) is 19.1 Å². The van der Waals surface area contributed by atoms with E-state index >= 15 is 0 Å². The molecule has 0 saturated carbocycles. The van der Waals surface area contributed by atoms with E-state index in [0.717, 1.165) is 12.0 Å². The van der Waals surface area contributed by atoms with Gasteiger partial charge >= 0.3 is 5.97 Å². The smallest absolute Gasteiger partial charge is 0.302 e. The number of rotatable bonds is 7. The van der Waals surface area contributed by atoms with Gasteiger partial charge in [0, 0.05) is 19.9 Å². The number of esters is 1. The molecule has 0 radical (unpaired) electrons. The molecule has 0 aromatic carbocycles. The highest BCUT2D eigenvalue weighted by Gasteiger charge is 2.42. The van der Waals surface area contributed by atoms with Gasteiger partial charge in [-0.2, -0.15) is 0 Å². The van der Waals surface area contributed by atoms with E-state index in [1.165, 1.54) is 11.8 Å². The zero-order valence-electron chi connectivity index (χ0n) is 14.2. The monoisotopic (exact) mass is 359 g/mol. The van der Waals surface area contributed by atoms with Gasteiger partial charge in [-0.05, 0) is 32.3 Å². The van der Waals surface area contributed by atoms with E-state index < -0.39 is 18.0 Å². The van der Waals surface area contributed by atoms with Gasteiger partial charge in [0.15, 0.2) is 0 Å². The lowest BCUT2D eigenvalue weighted by atomic mass is 9.91. The van der Waals surface area contributed by atoms with Crippen molar-refractivity contribution >= 4 is 41.3 Å². The Labute approximate surface area is 146 Å². The molecule has 23 heavy (non-hydrogen) atoms. The van der Waals surface area contributed by atoms with E-state index in [-0.39, 0.29) is 22.8 Å². The number of nitrogens with zero attached hydrogens (tertiary/aromatic N) is 1. The fourth-order valence-electron chi connectivity index (χ4n) is 2.69. The number of ether oxygens (including phenoxy) is 1. The molecule has 0 aromatic heterocycles. The van der Waals surface area contributed by atoms with Crippen molar-refractivity contribution in [3.05, 3.63) is 12.2 Å². The summed E-state index contributed by atoms with van der Waals surface area (Å²) in [4.78, 5) is 37.8. The number of amides is 2. The van der Waals surface area contributed by atoms with Gasteiger partial charge in [0.05, 0.1) is 10.5 Å². The minimum absolute atomic E-state index is 0.0379. The van der Waals surface area contributed by atoms with Crippen molar-refractivity contribution in [1.29, 1.82) is 0 Å². The van der Waals surface area contributed by atoms with Crippen LogP contribution in [-0.2, 0) is 19.1 Å². The van der Waals surface area contributed by atoms with Gasteiger partial charge in [-0.1, -0.05) is 12.2 Å². The number of piperidine rings is 1. The molecule has 5 nitrogen and oxygen atoms in total. The van der Waals surface area contributed by atoms with Crippen LogP contribution in [0, 0.1) is 5.92 Å². The van der Waals surface area contributed by atoms with Crippen molar-refractivity contribution in [2.24, 2.45) is 5.92 Å². The maximum Gasteiger partial charge on any atom is 0.302 e. The molecule has 0 spiro atoms. The SMILES string of the molecule is C=C(C)CC(=O)N1CCCC(C(OC(C)=O)C(SC)SC)C1=O. The number of hydrogen-bond acceptors (Lipinski definition) is 6. The topological polar surface area (TPSA) is 63.7 Å². The molecular weight excluding hydrogens is 334 g/mol. The Morgan fingerprint density at radius 3 is 2.43 bits per heavy atom. The zero-order valence-corrected chi connectivity index (χ0v) is 15.8. The van der Waals surface area contributed by atoms with Crippen LogP contribution < -0.4 is 0 Å². The average Bonchev–Trinajstić information content (AvgIpc) is 2.46. The summed E-state index contributed by atoms with van der Waals surface area (Å²) in [5, 5.41) is 0. The van der Waals surface area contributed by atoms with Crippen LogP contribution in [0.2, 0.25) is 0 Å². The summed E-state index contributed by atoms with van der Waals surface area (Å²) in [5.41, 5.74) is 0.729. The minimum atomic E-state index is -0.523. The van der Waals surface area contributed by atoms with Crippen molar-refractivity contribution in [1.82, 2.24) is 4.90 Å². The van der Waals surface area contributed by atoms with E-state index in [1.54, 1.807) is 30.4 Å². The van der Waals surface area contributed by atoms with E-state index in [1.807, 2.05) is 12.5 Å². The molecule has 1 rings (SSSR count). The molecule has 0 bridgehead atoms. The lowest BCUT2D eigenvalue weighted by molar-refractivity contribution is -0.158. The highest BCUT2D eigenvalue weighted by atomic mass is 32.2.